The minimum Gasteiger partial charge on any atom is -0.380 e. The van der Waals surface area contributed by atoms with Gasteiger partial charge in [0, 0.05) is 47.0 Å². The zero-order valence-corrected chi connectivity index (χ0v) is 19.3. The van der Waals surface area contributed by atoms with E-state index in [0.717, 1.165) is 32.0 Å². The Kier molecular flexibility index (Phi) is 4.26. The van der Waals surface area contributed by atoms with E-state index >= 15 is 0 Å². The van der Waals surface area contributed by atoms with Gasteiger partial charge in [-0.05, 0) is 67.9 Å². The fourth-order valence-corrected chi connectivity index (χ4v) is 7.20. The fourth-order valence-electron chi connectivity index (χ4n) is 7.20. The lowest BCUT2D eigenvalue weighted by Crippen LogP contribution is -2.71. The van der Waals surface area contributed by atoms with Gasteiger partial charge < -0.3 is 10.3 Å². The summed E-state index contributed by atoms with van der Waals surface area (Å²) in [6.07, 6.45) is 10.7. The van der Waals surface area contributed by atoms with Crippen molar-refractivity contribution in [2.75, 3.05) is 25.0 Å². The molecule has 3 heterocycles. The van der Waals surface area contributed by atoms with E-state index < -0.39 is 0 Å². The summed E-state index contributed by atoms with van der Waals surface area (Å²) in [5, 5.41) is 5.09. The van der Waals surface area contributed by atoms with Crippen LogP contribution in [0.3, 0.4) is 0 Å². The van der Waals surface area contributed by atoms with Crippen LogP contribution in [0.2, 0.25) is 0 Å². The number of H-pyrrole nitrogens is 1. The predicted octanol–water partition coefficient (Wildman–Crippen LogP) is 4.79. The number of hydrogen-bond acceptors (Lipinski definition) is 3. The summed E-state index contributed by atoms with van der Waals surface area (Å²) in [4.78, 5) is 9.04. The largest absolute Gasteiger partial charge is 0.380 e. The average Bonchev–Trinajstić information content (AvgIpc) is 3.09. The van der Waals surface area contributed by atoms with Gasteiger partial charge in [-0.15, -0.1) is 6.42 Å². The first-order chi connectivity index (χ1) is 16.1. The number of anilines is 1. The molecule has 1 saturated heterocycles. The van der Waals surface area contributed by atoms with Gasteiger partial charge in [0.2, 0.25) is 0 Å². The van der Waals surface area contributed by atoms with E-state index in [0.29, 0.717) is 23.7 Å². The lowest BCUT2D eigenvalue weighted by Gasteiger charge is -2.70. The van der Waals surface area contributed by atoms with Crippen LogP contribution in [0.4, 0.5) is 5.69 Å². The lowest BCUT2D eigenvalue weighted by atomic mass is 9.48. The average molecular weight is 437 g/mol. The van der Waals surface area contributed by atoms with Crippen LogP contribution in [-0.2, 0) is 6.42 Å². The van der Waals surface area contributed by atoms with Crippen molar-refractivity contribution in [1.29, 1.82) is 0 Å². The van der Waals surface area contributed by atoms with Crippen LogP contribution in [-0.4, -0.2) is 52.0 Å². The van der Waals surface area contributed by atoms with Crippen molar-refractivity contribution in [3.05, 3.63) is 65.4 Å². The van der Waals surface area contributed by atoms with Gasteiger partial charge in [-0.3, -0.25) is 9.80 Å². The number of rotatable bonds is 5. The highest BCUT2D eigenvalue weighted by atomic mass is 15.3. The van der Waals surface area contributed by atoms with E-state index in [1.165, 1.54) is 52.7 Å². The maximum absolute atomic E-state index is 5.43. The second kappa shape index (κ2) is 7.13. The molecule has 4 heteroatoms. The number of fused-ring (bicyclic) bond motifs is 3. The summed E-state index contributed by atoms with van der Waals surface area (Å²) in [6.45, 7) is 5.26. The van der Waals surface area contributed by atoms with E-state index in [1.54, 1.807) is 0 Å². The molecule has 168 valence electrons. The Morgan fingerprint density at radius 1 is 1.09 bits per heavy atom. The molecular formula is C29H32N4. The molecule has 2 aromatic carbocycles. The van der Waals surface area contributed by atoms with E-state index in [9.17, 15) is 0 Å². The molecule has 33 heavy (non-hydrogen) atoms. The molecule has 4 nitrogen and oxygen atoms in total. The van der Waals surface area contributed by atoms with Gasteiger partial charge in [0.1, 0.15) is 0 Å². The number of nitrogens with one attached hydrogen (secondary N) is 2. The Balaban J connectivity index is 1.22. The van der Waals surface area contributed by atoms with Crippen LogP contribution in [0.25, 0.3) is 10.9 Å². The number of nitrogens with zero attached hydrogens (tertiary/aromatic N) is 2. The molecule has 0 radical (unpaired) electrons. The van der Waals surface area contributed by atoms with Crippen molar-refractivity contribution in [3.8, 4) is 12.3 Å². The maximum atomic E-state index is 5.43. The molecule has 2 atom stereocenters. The summed E-state index contributed by atoms with van der Waals surface area (Å²) in [5.41, 5.74) is 7.26. The van der Waals surface area contributed by atoms with Crippen molar-refractivity contribution >= 4 is 16.6 Å². The van der Waals surface area contributed by atoms with E-state index in [-0.39, 0.29) is 0 Å². The second-order valence-corrected chi connectivity index (χ2v) is 11.0. The third-order valence-electron chi connectivity index (χ3n) is 8.80. The van der Waals surface area contributed by atoms with E-state index in [1.807, 2.05) is 0 Å². The summed E-state index contributed by atoms with van der Waals surface area (Å²) in [5.74, 6) is 3.72. The molecule has 3 aromatic rings. The van der Waals surface area contributed by atoms with Gasteiger partial charge in [0.25, 0.3) is 0 Å². The molecule has 0 unspecified atom stereocenters. The van der Waals surface area contributed by atoms with Crippen molar-refractivity contribution < 1.29 is 0 Å². The SMILES string of the molecule is C#CCN1CC(Nc2ccc([C@@H]3c4[nH]c5ccccc5c4C[C@@H](C)N3C34CC(C3)C4)cc2)C1. The van der Waals surface area contributed by atoms with E-state index in [4.69, 9.17) is 6.42 Å². The van der Waals surface area contributed by atoms with Gasteiger partial charge >= 0.3 is 0 Å². The van der Waals surface area contributed by atoms with Crippen LogP contribution < -0.4 is 5.32 Å². The van der Waals surface area contributed by atoms with Crippen molar-refractivity contribution in [2.45, 2.75) is 56.3 Å². The molecule has 8 rings (SSSR count). The molecule has 0 spiro atoms. The Bertz CT molecular complexity index is 1230. The quantitative estimate of drug-likeness (QED) is 0.565. The van der Waals surface area contributed by atoms with Gasteiger partial charge in [-0.2, -0.15) is 0 Å². The van der Waals surface area contributed by atoms with Crippen LogP contribution in [0.15, 0.2) is 48.5 Å². The topological polar surface area (TPSA) is 34.3 Å². The van der Waals surface area contributed by atoms with Gasteiger partial charge in [0.05, 0.1) is 18.6 Å². The Labute approximate surface area is 196 Å². The maximum Gasteiger partial charge on any atom is 0.0764 e. The van der Waals surface area contributed by atoms with Crippen LogP contribution >= 0.6 is 0 Å². The summed E-state index contributed by atoms with van der Waals surface area (Å²) in [7, 11) is 0. The summed E-state index contributed by atoms with van der Waals surface area (Å²) < 4.78 is 0. The highest BCUT2D eigenvalue weighted by molar-refractivity contribution is 5.85. The van der Waals surface area contributed by atoms with Crippen LogP contribution in [0.5, 0.6) is 0 Å². The third-order valence-corrected chi connectivity index (χ3v) is 8.80. The number of aromatic amines is 1. The summed E-state index contributed by atoms with van der Waals surface area (Å²) >= 11 is 0. The van der Waals surface area contributed by atoms with Gasteiger partial charge in [-0.25, -0.2) is 0 Å². The molecule has 2 N–H and O–H groups in total. The molecule has 2 aliphatic heterocycles. The van der Waals surface area contributed by atoms with Crippen molar-refractivity contribution in [2.24, 2.45) is 5.92 Å². The predicted molar refractivity (Wildman–Crippen MR) is 134 cm³/mol. The zero-order chi connectivity index (χ0) is 22.2. The smallest absolute Gasteiger partial charge is 0.0764 e. The number of hydrogen-bond donors (Lipinski definition) is 2. The first-order valence-corrected chi connectivity index (χ1v) is 12.5. The molecule has 2 bridgehead atoms. The molecule has 5 aliphatic rings. The fraction of sp³-hybridized carbons (Fsp3) is 0.448. The molecule has 3 saturated carbocycles. The molecule has 4 fully saturated rings. The highest BCUT2D eigenvalue weighted by Crippen LogP contribution is 2.64. The number of aromatic nitrogens is 1. The third kappa shape index (κ3) is 2.92. The summed E-state index contributed by atoms with van der Waals surface area (Å²) in [6, 6.07) is 19.5. The lowest BCUT2D eigenvalue weighted by molar-refractivity contribution is -0.174. The molecule has 0 amide bonds. The van der Waals surface area contributed by atoms with Crippen LogP contribution in [0.1, 0.15) is 49.0 Å². The number of para-hydroxylation sites is 1. The second-order valence-electron chi connectivity index (χ2n) is 11.0. The highest BCUT2D eigenvalue weighted by Gasteiger charge is 2.63. The minimum absolute atomic E-state index is 0.307. The zero-order valence-electron chi connectivity index (χ0n) is 19.3. The van der Waals surface area contributed by atoms with E-state index in [2.05, 4.69) is 81.5 Å². The van der Waals surface area contributed by atoms with Gasteiger partial charge in [-0.1, -0.05) is 36.3 Å². The normalized spacial score (nSPS) is 31.2. The first kappa shape index (κ1) is 19.7. The number of likely N-dealkylation sites (tertiary alicyclic amines) is 1. The molecular weight excluding hydrogens is 404 g/mol. The minimum atomic E-state index is 0.307. The number of benzene rings is 2. The molecule has 3 aliphatic carbocycles. The number of terminal acetylenes is 1. The van der Waals surface area contributed by atoms with Crippen molar-refractivity contribution in [1.82, 2.24) is 14.8 Å². The Morgan fingerprint density at radius 3 is 2.55 bits per heavy atom. The Hall–Kier alpha value is -2.74. The molecule has 1 aromatic heterocycles. The standard InChI is InChI=1S/C29H32N4/c1-3-12-32-17-23(18-32)30-22-10-8-21(9-11-22)28-27-25(24-6-4-5-7-26(24)31-27)13-19(2)33(28)29-14-20(15-29)16-29/h1,4-11,19-20,23,28,30-31H,12-18H2,2H3/t19-,20?,28-,29?/m1/s1. The van der Waals surface area contributed by atoms with Gasteiger partial charge in [0.15, 0.2) is 0 Å². The van der Waals surface area contributed by atoms with Crippen molar-refractivity contribution in [3.63, 3.8) is 0 Å². The Morgan fingerprint density at radius 2 is 1.85 bits per heavy atom. The monoisotopic (exact) mass is 436 g/mol. The van der Waals surface area contributed by atoms with Crippen LogP contribution in [0, 0.1) is 18.3 Å². The first-order valence-electron chi connectivity index (χ1n) is 12.5.